The summed E-state index contributed by atoms with van der Waals surface area (Å²) in [5.74, 6) is -1.14. The highest BCUT2D eigenvalue weighted by Gasteiger charge is 2.31. The summed E-state index contributed by atoms with van der Waals surface area (Å²) in [5, 5.41) is 14.5. The number of thiophene rings is 1. The Hall–Kier alpha value is -3.28. The van der Waals surface area contributed by atoms with E-state index in [4.69, 9.17) is 5.73 Å². The van der Waals surface area contributed by atoms with Gasteiger partial charge in [-0.15, -0.1) is 21.5 Å². The Morgan fingerprint density at radius 3 is 2.74 bits per heavy atom. The highest BCUT2D eigenvalue weighted by Crippen LogP contribution is 2.38. The maximum Gasteiger partial charge on any atom is 0.416 e. The van der Waals surface area contributed by atoms with Crippen molar-refractivity contribution in [2.75, 3.05) is 5.32 Å². The number of anilines is 1. The summed E-state index contributed by atoms with van der Waals surface area (Å²) < 4.78 is 38.7. The first-order valence-corrected chi connectivity index (χ1v) is 10.2. The van der Waals surface area contributed by atoms with Crippen LogP contribution in [0.3, 0.4) is 0 Å². The van der Waals surface area contributed by atoms with Crippen LogP contribution in [0.5, 0.6) is 0 Å². The van der Waals surface area contributed by atoms with Crippen molar-refractivity contribution in [1.29, 1.82) is 0 Å². The predicted octanol–water partition coefficient (Wildman–Crippen LogP) is 3.04. The van der Waals surface area contributed by atoms with Gasteiger partial charge in [-0.2, -0.15) is 18.0 Å². The highest BCUT2D eigenvalue weighted by atomic mass is 32.1. The molecule has 3 N–H and O–H groups in total. The second kappa shape index (κ2) is 8.10. The van der Waals surface area contributed by atoms with Crippen LogP contribution in [0.4, 0.5) is 18.2 Å². The Balaban J connectivity index is 1.50. The summed E-state index contributed by atoms with van der Waals surface area (Å²) in [7, 11) is 0. The highest BCUT2D eigenvalue weighted by molar-refractivity contribution is 7.17. The van der Waals surface area contributed by atoms with Gasteiger partial charge in [0.2, 0.25) is 11.7 Å². The molecule has 0 saturated carbocycles. The number of primary amides is 1. The second-order valence-corrected chi connectivity index (χ2v) is 8.15. The number of amides is 2. The van der Waals surface area contributed by atoms with Gasteiger partial charge in [-0.3, -0.25) is 9.59 Å². The van der Waals surface area contributed by atoms with E-state index in [-0.39, 0.29) is 17.9 Å². The molecule has 31 heavy (non-hydrogen) atoms. The number of tetrazole rings is 1. The van der Waals surface area contributed by atoms with E-state index in [2.05, 4.69) is 20.7 Å². The van der Waals surface area contributed by atoms with Crippen LogP contribution in [0.25, 0.3) is 11.4 Å². The van der Waals surface area contributed by atoms with Crippen LogP contribution < -0.4 is 11.1 Å². The van der Waals surface area contributed by atoms with Crippen molar-refractivity contribution >= 4 is 28.2 Å². The Labute approximate surface area is 178 Å². The number of nitrogens with two attached hydrogens (primary N) is 1. The lowest BCUT2D eigenvalue weighted by Gasteiger charge is -2.11. The summed E-state index contributed by atoms with van der Waals surface area (Å²) in [6, 6.07) is 4.52. The quantitative estimate of drug-likeness (QED) is 0.620. The zero-order valence-electron chi connectivity index (χ0n) is 16.1. The van der Waals surface area contributed by atoms with Gasteiger partial charge >= 0.3 is 6.18 Å². The number of rotatable bonds is 5. The van der Waals surface area contributed by atoms with E-state index in [1.807, 2.05) is 0 Å². The molecular weight excluding hydrogens is 433 g/mol. The van der Waals surface area contributed by atoms with Crippen molar-refractivity contribution < 1.29 is 22.8 Å². The zero-order chi connectivity index (χ0) is 22.2. The Bertz CT molecular complexity index is 1150. The minimum atomic E-state index is -4.50. The molecule has 8 nitrogen and oxygen atoms in total. The maximum absolute atomic E-state index is 12.9. The standard InChI is InChI=1S/C19H17F3N6O2S/c20-19(21,22)11-5-3-4-10(8-11)17-25-27-28(26-17)9-14(29)24-18-15(16(23)30)12-6-1-2-7-13(12)31-18/h3-5,8H,1-2,6-7,9H2,(H2,23,30)(H,24,29). The first kappa shape index (κ1) is 21.0. The van der Waals surface area contributed by atoms with Gasteiger partial charge in [-0.25, -0.2) is 0 Å². The minimum Gasteiger partial charge on any atom is -0.365 e. The fourth-order valence-corrected chi connectivity index (χ4v) is 4.78. The monoisotopic (exact) mass is 450 g/mol. The molecule has 2 heterocycles. The first-order valence-electron chi connectivity index (χ1n) is 9.42. The topological polar surface area (TPSA) is 116 Å². The number of nitrogens with zero attached hydrogens (tertiary/aromatic N) is 4. The van der Waals surface area contributed by atoms with Gasteiger partial charge in [0, 0.05) is 10.4 Å². The van der Waals surface area contributed by atoms with Gasteiger partial charge in [-0.05, 0) is 48.6 Å². The number of aromatic nitrogens is 4. The number of halogens is 3. The zero-order valence-corrected chi connectivity index (χ0v) is 16.9. The summed E-state index contributed by atoms with van der Waals surface area (Å²) in [6.07, 6.45) is -0.950. The fraction of sp³-hybridized carbons (Fsp3) is 0.316. The molecule has 0 saturated heterocycles. The number of benzene rings is 1. The van der Waals surface area contributed by atoms with Crippen molar-refractivity contribution in [2.24, 2.45) is 5.73 Å². The molecule has 2 aromatic heterocycles. The van der Waals surface area contributed by atoms with Crippen LogP contribution in [-0.2, 0) is 30.4 Å². The van der Waals surface area contributed by atoms with Crippen molar-refractivity contribution in [2.45, 2.75) is 38.4 Å². The van der Waals surface area contributed by atoms with Crippen LogP contribution in [0.15, 0.2) is 24.3 Å². The SMILES string of the molecule is NC(=O)c1c(NC(=O)Cn2nnc(-c3cccc(C(F)(F)F)c3)n2)sc2c1CCCC2. The molecule has 0 fully saturated rings. The van der Waals surface area contributed by atoms with Crippen LogP contribution in [0.1, 0.15) is 39.2 Å². The average molecular weight is 450 g/mol. The van der Waals surface area contributed by atoms with E-state index in [9.17, 15) is 22.8 Å². The van der Waals surface area contributed by atoms with Crippen LogP contribution in [-0.4, -0.2) is 32.0 Å². The van der Waals surface area contributed by atoms with Gasteiger partial charge in [0.25, 0.3) is 5.91 Å². The van der Waals surface area contributed by atoms with E-state index in [0.29, 0.717) is 10.6 Å². The largest absolute Gasteiger partial charge is 0.416 e. The molecule has 1 aromatic carbocycles. The van der Waals surface area contributed by atoms with Crippen molar-refractivity contribution in [3.63, 3.8) is 0 Å². The van der Waals surface area contributed by atoms with E-state index in [0.717, 1.165) is 53.1 Å². The van der Waals surface area contributed by atoms with E-state index < -0.39 is 23.6 Å². The molecule has 162 valence electrons. The molecule has 0 atom stereocenters. The molecule has 0 radical (unpaired) electrons. The summed E-state index contributed by atoms with van der Waals surface area (Å²) in [6.45, 7) is -0.327. The van der Waals surface area contributed by atoms with Crippen LogP contribution >= 0.6 is 11.3 Å². The number of nitrogens with one attached hydrogen (secondary N) is 1. The fourth-order valence-electron chi connectivity index (χ4n) is 3.47. The number of fused-ring (bicyclic) bond motifs is 1. The van der Waals surface area contributed by atoms with Crippen molar-refractivity contribution in [1.82, 2.24) is 20.2 Å². The third kappa shape index (κ3) is 4.43. The maximum atomic E-state index is 12.9. The Morgan fingerprint density at radius 1 is 1.23 bits per heavy atom. The molecular formula is C19H17F3N6O2S. The van der Waals surface area contributed by atoms with Crippen molar-refractivity contribution in [3.05, 3.63) is 45.8 Å². The average Bonchev–Trinajstić information content (AvgIpc) is 3.31. The van der Waals surface area contributed by atoms with Gasteiger partial charge < -0.3 is 11.1 Å². The lowest BCUT2D eigenvalue weighted by molar-refractivity contribution is -0.137. The van der Waals surface area contributed by atoms with Crippen LogP contribution in [0.2, 0.25) is 0 Å². The van der Waals surface area contributed by atoms with Crippen LogP contribution in [0, 0.1) is 0 Å². The summed E-state index contributed by atoms with van der Waals surface area (Å²) in [4.78, 5) is 26.4. The molecule has 0 bridgehead atoms. The Morgan fingerprint density at radius 2 is 2.00 bits per heavy atom. The molecule has 0 unspecified atom stereocenters. The number of hydrogen-bond acceptors (Lipinski definition) is 6. The molecule has 1 aliphatic carbocycles. The Kier molecular flexibility index (Phi) is 5.48. The van der Waals surface area contributed by atoms with Crippen molar-refractivity contribution in [3.8, 4) is 11.4 Å². The molecule has 12 heteroatoms. The lowest BCUT2D eigenvalue weighted by Crippen LogP contribution is -2.22. The van der Waals surface area contributed by atoms with Gasteiger partial charge in [0.1, 0.15) is 11.5 Å². The molecule has 0 aliphatic heterocycles. The van der Waals surface area contributed by atoms with E-state index >= 15 is 0 Å². The first-order chi connectivity index (χ1) is 14.7. The molecule has 3 aromatic rings. The number of carbonyl (C=O) groups excluding carboxylic acids is 2. The molecule has 4 rings (SSSR count). The third-order valence-electron chi connectivity index (χ3n) is 4.86. The second-order valence-electron chi connectivity index (χ2n) is 7.05. The predicted molar refractivity (Wildman–Crippen MR) is 106 cm³/mol. The molecule has 2 amide bonds. The van der Waals surface area contributed by atoms with E-state index in [1.54, 1.807) is 0 Å². The lowest BCUT2D eigenvalue weighted by atomic mass is 9.95. The number of alkyl halides is 3. The van der Waals surface area contributed by atoms with Gasteiger partial charge in [-0.1, -0.05) is 12.1 Å². The summed E-state index contributed by atoms with van der Waals surface area (Å²) in [5.41, 5.74) is 6.04. The molecule has 0 spiro atoms. The molecule has 1 aliphatic rings. The number of carbonyl (C=O) groups is 2. The number of aryl methyl sites for hydroxylation is 1. The van der Waals surface area contributed by atoms with Gasteiger partial charge in [0.15, 0.2) is 0 Å². The van der Waals surface area contributed by atoms with Gasteiger partial charge in [0.05, 0.1) is 11.1 Å². The summed E-state index contributed by atoms with van der Waals surface area (Å²) >= 11 is 1.33. The number of hydrogen-bond donors (Lipinski definition) is 2. The normalized spacial score (nSPS) is 13.6. The van der Waals surface area contributed by atoms with E-state index in [1.165, 1.54) is 23.5 Å². The third-order valence-corrected chi connectivity index (χ3v) is 6.06. The minimum absolute atomic E-state index is 0.0386. The smallest absolute Gasteiger partial charge is 0.365 e.